The zero-order valence-corrected chi connectivity index (χ0v) is 11.4. The van der Waals surface area contributed by atoms with Gasteiger partial charge in [0, 0.05) is 13.5 Å². The van der Waals surface area contributed by atoms with E-state index >= 15 is 0 Å². The van der Waals surface area contributed by atoms with Crippen molar-refractivity contribution in [3.63, 3.8) is 0 Å². The minimum Gasteiger partial charge on any atom is -0.492 e. The summed E-state index contributed by atoms with van der Waals surface area (Å²) in [7, 11) is 0. The van der Waals surface area contributed by atoms with Crippen molar-refractivity contribution < 1.29 is 19.4 Å². The first-order valence-corrected chi connectivity index (χ1v) is 6.20. The van der Waals surface area contributed by atoms with Gasteiger partial charge in [0.15, 0.2) is 0 Å². The standard InChI is InChI=1S/C14H19NO4/c1-4-19-13-8-6-5-7-12(13)15(11(3)16)9-10(2)14(17)18/h5-8,10H,4,9H2,1-3H3,(H,17,18). The Labute approximate surface area is 112 Å². The third-order valence-corrected chi connectivity index (χ3v) is 2.71. The van der Waals surface area contributed by atoms with E-state index in [-0.39, 0.29) is 12.5 Å². The quantitative estimate of drug-likeness (QED) is 0.856. The number of anilines is 1. The number of carboxylic acid groups (broad SMARTS) is 1. The highest BCUT2D eigenvalue weighted by Gasteiger charge is 2.21. The molecule has 0 aliphatic carbocycles. The van der Waals surface area contributed by atoms with E-state index in [0.717, 1.165) is 0 Å². The first-order chi connectivity index (χ1) is 8.97. The van der Waals surface area contributed by atoms with Gasteiger partial charge in [-0.1, -0.05) is 19.1 Å². The number of hydrogen-bond donors (Lipinski definition) is 1. The Morgan fingerprint density at radius 2 is 2.00 bits per heavy atom. The smallest absolute Gasteiger partial charge is 0.308 e. The maximum atomic E-state index is 11.7. The molecule has 0 saturated carbocycles. The molecule has 0 heterocycles. The van der Waals surface area contributed by atoms with E-state index in [1.54, 1.807) is 25.1 Å². The largest absolute Gasteiger partial charge is 0.492 e. The van der Waals surface area contributed by atoms with Crippen LogP contribution in [0.3, 0.4) is 0 Å². The maximum absolute atomic E-state index is 11.7. The Balaban J connectivity index is 3.05. The molecule has 1 atom stereocenters. The van der Waals surface area contributed by atoms with E-state index in [4.69, 9.17) is 9.84 Å². The lowest BCUT2D eigenvalue weighted by atomic mass is 10.1. The van der Waals surface area contributed by atoms with Crippen molar-refractivity contribution in [1.29, 1.82) is 0 Å². The van der Waals surface area contributed by atoms with Gasteiger partial charge in [0.25, 0.3) is 0 Å². The highest BCUT2D eigenvalue weighted by atomic mass is 16.5. The fourth-order valence-electron chi connectivity index (χ4n) is 1.71. The number of aliphatic carboxylic acids is 1. The van der Waals surface area contributed by atoms with Gasteiger partial charge in [-0.3, -0.25) is 9.59 Å². The van der Waals surface area contributed by atoms with Gasteiger partial charge in [0.2, 0.25) is 5.91 Å². The fraction of sp³-hybridized carbons (Fsp3) is 0.429. The van der Waals surface area contributed by atoms with Crippen LogP contribution >= 0.6 is 0 Å². The first kappa shape index (κ1) is 15.0. The van der Waals surface area contributed by atoms with Gasteiger partial charge >= 0.3 is 5.97 Å². The van der Waals surface area contributed by atoms with E-state index in [1.807, 2.05) is 13.0 Å². The Morgan fingerprint density at radius 3 is 2.53 bits per heavy atom. The van der Waals surface area contributed by atoms with Gasteiger partial charge in [0.05, 0.1) is 18.2 Å². The van der Waals surface area contributed by atoms with Crippen LogP contribution in [-0.4, -0.2) is 30.1 Å². The average Bonchev–Trinajstić information content (AvgIpc) is 2.36. The predicted octanol–water partition coefficient (Wildman–Crippen LogP) is 2.16. The summed E-state index contributed by atoms with van der Waals surface area (Å²) in [5.74, 6) is -1.20. The number of carbonyl (C=O) groups excluding carboxylic acids is 1. The summed E-state index contributed by atoms with van der Waals surface area (Å²) < 4.78 is 5.47. The summed E-state index contributed by atoms with van der Waals surface area (Å²) in [5.41, 5.74) is 0.602. The minimum atomic E-state index is -0.930. The van der Waals surface area contributed by atoms with E-state index in [0.29, 0.717) is 18.0 Å². The predicted molar refractivity (Wildman–Crippen MR) is 72.4 cm³/mol. The number of hydrogen-bond acceptors (Lipinski definition) is 3. The van der Waals surface area contributed by atoms with E-state index in [2.05, 4.69) is 0 Å². The summed E-state index contributed by atoms with van der Waals surface area (Å²) >= 11 is 0. The second-order valence-corrected chi connectivity index (χ2v) is 4.27. The monoisotopic (exact) mass is 265 g/mol. The van der Waals surface area contributed by atoms with E-state index < -0.39 is 11.9 Å². The van der Waals surface area contributed by atoms with Crippen molar-refractivity contribution in [1.82, 2.24) is 0 Å². The molecule has 1 aromatic rings. The Hall–Kier alpha value is -2.04. The number of nitrogens with zero attached hydrogens (tertiary/aromatic N) is 1. The van der Waals surface area contributed by atoms with Gasteiger partial charge < -0.3 is 14.7 Å². The van der Waals surface area contributed by atoms with Gasteiger partial charge in [-0.2, -0.15) is 0 Å². The maximum Gasteiger partial charge on any atom is 0.308 e. The van der Waals surface area contributed by atoms with Crippen molar-refractivity contribution >= 4 is 17.6 Å². The van der Waals surface area contributed by atoms with Crippen LogP contribution in [0.5, 0.6) is 5.75 Å². The van der Waals surface area contributed by atoms with Crippen LogP contribution in [0.15, 0.2) is 24.3 Å². The summed E-state index contributed by atoms with van der Waals surface area (Å²) in [6, 6.07) is 7.12. The summed E-state index contributed by atoms with van der Waals surface area (Å²) in [6.07, 6.45) is 0. The van der Waals surface area contributed by atoms with Crippen LogP contribution in [0.4, 0.5) is 5.69 Å². The normalized spacial score (nSPS) is 11.7. The van der Waals surface area contributed by atoms with Gasteiger partial charge in [-0.25, -0.2) is 0 Å². The summed E-state index contributed by atoms with van der Waals surface area (Å²) in [5, 5.41) is 8.96. The molecular weight excluding hydrogens is 246 g/mol. The van der Waals surface area contributed by atoms with Gasteiger partial charge in [-0.05, 0) is 19.1 Å². The number of benzene rings is 1. The number of rotatable bonds is 6. The number of carbonyl (C=O) groups is 2. The molecular formula is C14H19NO4. The van der Waals surface area contributed by atoms with Crippen molar-refractivity contribution in [3.05, 3.63) is 24.3 Å². The molecule has 1 aromatic carbocycles. The summed E-state index contributed by atoms with van der Waals surface area (Å²) in [4.78, 5) is 24.1. The van der Waals surface area contributed by atoms with Crippen LogP contribution in [0, 0.1) is 5.92 Å². The lowest BCUT2D eigenvalue weighted by Gasteiger charge is -2.25. The minimum absolute atomic E-state index is 0.120. The molecule has 5 heteroatoms. The van der Waals surface area contributed by atoms with Crippen LogP contribution < -0.4 is 9.64 Å². The Morgan fingerprint density at radius 1 is 1.37 bits per heavy atom. The molecule has 0 bridgehead atoms. The molecule has 0 spiro atoms. The van der Waals surface area contributed by atoms with Gasteiger partial charge in [0.1, 0.15) is 5.75 Å². The Bertz CT molecular complexity index is 459. The lowest BCUT2D eigenvalue weighted by Crippen LogP contribution is -2.35. The molecule has 19 heavy (non-hydrogen) atoms. The zero-order valence-electron chi connectivity index (χ0n) is 11.4. The lowest BCUT2D eigenvalue weighted by molar-refractivity contribution is -0.140. The van der Waals surface area contributed by atoms with E-state index in [1.165, 1.54) is 11.8 Å². The number of carboxylic acids is 1. The van der Waals surface area contributed by atoms with Gasteiger partial charge in [-0.15, -0.1) is 0 Å². The molecule has 0 saturated heterocycles. The Kier molecular flexibility index (Phi) is 5.36. The molecule has 0 aliphatic heterocycles. The molecule has 0 aromatic heterocycles. The third-order valence-electron chi connectivity index (χ3n) is 2.71. The van der Waals surface area contributed by atoms with Crippen molar-refractivity contribution in [3.8, 4) is 5.75 Å². The molecule has 104 valence electrons. The van der Waals surface area contributed by atoms with Crippen LogP contribution in [0.2, 0.25) is 0 Å². The van der Waals surface area contributed by atoms with Crippen molar-refractivity contribution in [2.24, 2.45) is 5.92 Å². The third kappa shape index (κ3) is 3.98. The van der Waals surface area contributed by atoms with Crippen LogP contribution in [0.25, 0.3) is 0 Å². The van der Waals surface area contributed by atoms with E-state index in [9.17, 15) is 9.59 Å². The highest BCUT2D eigenvalue weighted by Crippen LogP contribution is 2.28. The molecule has 1 unspecified atom stereocenters. The first-order valence-electron chi connectivity index (χ1n) is 6.20. The molecule has 1 N–H and O–H groups in total. The number of amides is 1. The van der Waals surface area contributed by atoms with Crippen LogP contribution in [-0.2, 0) is 9.59 Å². The second-order valence-electron chi connectivity index (χ2n) is 4.27. The zero-order chi connectivity index (χ0) is 14.4. The van der Waals surface area contributed by atoms with Crippen molar-refractivity contribution in [2.45, 2.75) is 20.8 Å². The fourth-order valence-corrected chi connectivity index (χ4v) is 1.71. The topological polar surface area (TPSA) is 66.8 Å². The molecule has 0 aliphatic rings. The SMILES string of the molecule is CCOc1ccccc1N(CC(C)C(=O)O)C(C)=O. The highest BCUT2D eigenvalue weighted by molar-refractivity contribution is 5.93. The second kappa shape index (κ2) is 6.78. The van der Waals surface area contributed by atoms with Crippen molar-refractivity contribution in [2.75, 3.05) is 18.1 Å². The number of para-hydroxylation sites is 2. The average molecular weight is 265 g/mol. The molecule has 0 radical (unpaired) electrons. The number of ether oxygens (including phenoxy) is 1. The molecule has 1 rings (SSSR count). The molecule has 1 amide bonds. The molecule has 5 nitrogen and oxygen atoms in total. The molecule has 0 fully saturated rings. The summed E-state index contributed by atoms with van der Waals surface area (Å²) in [6.45, 7) is 5.44. The van der Waals surface area contributed by atoms with Crippen LogP contribution in [0.1, 0.15) is 20.8 Å².